The Labute approximate surface area is 201 Å². The molecule has 1 atom stereocenters. The van der Waals surface area contributed by atoms with Crippen LogP contribution < -0.4 is 10.1 Å². The van der Waals surface area contributed by atoms with Gasteiger partial charge in [0.1, 0.15) is 11.4 Å². The molecule has 0 radical (unpaired) electrons. The average molecular weight is 463 g/mol. The van der Waals surface area contributed by atoms with Crippen LogP contribution in [0.3, 0.4) is 0 Å². The Kier molecular flexibility index (Phi) is 7.85. The van der Waals surface area contributed by atoms with Gasteiger partial charge in [-0.25, -0.2) is 9.48 Å². The number of nitrogens with one attached hydrogen (secondary N) is 1. The molecule has 1 saturated heterocycles. The summed E-state index contributed by atoms with van der Waals surface area (Å²) in [5, 5.41) is 7.84. The van der Waals surface area contributed by atoms with Gasteiger partial charge in [-0.2, -0.15) is 5.10 Å². The van der Waals surface area contributed by atoms with Crippen LogP contribution in [-0.4, -0.2) is 46.5 Å². The van der Waals surface area contributed by atoms with Gasteiger partial charge in [-0.1, -0.05) is 49.4 Å². The van der Waals surface area contributed by atoms with Crippen LogP contribution in [0.2, 0.25) is 0 Å². The first-order valence-electron chi connectivity index (χ1n) is 12.1. The molecule has 1 fully saturated rings. The van der Waals surface area contributed by atoms with Crippen LogP contribution in [0.15, 0.2) is 54.6 Å². The lowest BCUT2D eigenvalue weighted by molar-refractivity contribution is 0.0793. The van der Waals surface area contributed by atoms with Crippen molar-refractivity contribution in [2.24, 2.45) is 7.05 Å². The number of rotatable bonds is 9. The number of carbonyl (C=O) groups is 1. The molecule has 0 spiro atoms. The van der Waals surface area contributed by atoms with E-state index in [9.17, 15) is 4.79 Å². The van der Waals surface area contributed by atoms with E-state index in [-0.39, 0.29) is 12.1 Å². The lowest BCUT2D eigenvalue weighted by Crippen LogP contribution is -2.43. The first kappa shape index (κ1) is 23.8. The summed E-state index contributed by atoms with van der Waals surface area (Å²) in [5.41, 5.74) is 3.79. The number of urea groups is 1. The molecule has 180 valence electrons. The fraction of sp³-hybridized carbons (Fsp3) is 0.407. The molecule has 0 bridgehead atoms. The predicted molar refractivity (Wildman–Crippen MR) is 133 cm³/mol. The minimum atomic E-state index is -0.0956. The molecule has 34 heavy (non-hydrogen) atoms. The zero-order valence-corrected chi connectivity index (χ0v) is 20.3. The number of hydrogen-bond acceptors (Lipinski definition) is 4. The van der Waals surface area contributed by atoms with E-state index in [1.54, 1.807) is 4.68 Å². The van der Waals surface area contributed by atoms with Crippen LogP contribution in [0.25, 0.3) is 11.3 Å². The fourth-order valence-electron chi connectivity index (χ4n) is 4.23. The van der Waals surface area contributed by atoms with Gasteiger partial charge in [0.05, 0.1) is 18.2 Å². The third kappa shape index (κ3) is 5.78. The van der Waals surface area contributed by atoms with Gasteiger partial charge >= 0.3 is 6.03 Å². The van der Waals surface area contributed by atoms with Gasteiger partial charge in [-0.3, -0.25) is 0 Å². The second kappa shape index (κ2) is 11.2. The van der Waals surface area contributed by atoms with Crippen LogP contribution in [0.5, 0.6) is 11.6 Å². The molecule has 7 nitrogen and oxygen atoms in total. The highest BCUT2D eigenvalue weighted by Crippen LogP contribution is 2.34. The summed E-state index contributed by atoms with van der Waals surface area (Å²) >= 11 is 0. The number of carbonyl (C=O) groups excluding carboxylic acids is 1. The summed E-state index contributed by atoms with van der Waals surface area (Å²) in [6.07, 6.45) is 2.91. The van der Waals surface area contributed by atoms with Gasteiger partial charge < -0.3 is 19.7 Å². The molecule has 2 aromatic carbocycles. The highest BCUT2D eigenvalue weighted by Gasteiger charge is 2.27. The summed E-state index contributed by atoms with van der Waals surface area (Å²) in [4.78, 5) is 15.0. The van der Waals surface area contributed by atoms with Crippen molar-refractivity contribution in [1.29, 1.82) is 0 Å². The smallest absolute Gasteiger partial charge is 0.317 e. The van der Waals surface area contributed by atoms with Crippen LogP contribution in [0, 0.1) is 6.92 Å². The molecule has 0 saturated carbocycles. The van der Waals surface area contributed by atoms with E-state index in [1.807, 2.05) is 80.4 Å². The number of aromatic nitrogens is 2. The maximum absolute atomic E-state index is 13.2. The van der Waals surface area contributed by atoms with Gasteiger partial charge in [-0.15, -0.1) is 0 Å². The SMILES string of the molecule is CCCNC(=O)N(Cc1c(-c2ccccc2)nn(C)c1Oc1cccc(C)c1)CC1CCCO1. The van der Waals surface area contributed by atoms with Gasteiger partial charge in [0.2, 0.25) is 5.88 Å². The number of hydrogen-bond donors (Lipinski definition) is 1. The topological polar surface area (TPSA) is 68.6 Å². The van der Waals surface area contributed by atoms with Crippen molar-refractivity contribution in [3.05, 3.63) is 65.7 Å². The van der Waals surface area contributed by atoms with Crippen molar-refractivity contribution in [3.63, 3.8) is 0 Å². The Morgan fingerprint density at radius 1 is 1.24 bits per heavy atom. The van der Waals surface area contributed by atoms with Crippen molar-refractivity contribution < 1.29 is 14.3 Å². The standard InChI is InChI=1S/C27H34N4O3/c1-4-15-28-27(32)31(18-23-14-9-16-33-23)19-24-25(21-11-6-5-7-12-21)29-30(3)26(24)34-22-13-8-10-20(2)17-22/h5-8,10-13,17,23H,4,9,14-16,18-19H2,1-3H3,(H,28,32). The Hall–Kier alpha value is -3.32. The predicted octanol–water partition coefficient (Wildman–Crippen LogP) is 5.29. The van der Waals surface area contributed by atoms with Crippen molar-refractivity contribution in [2.45, 2.75) is 45.8 Å². The molecule has 1 aliphatic heterocycles. The van der Waals surface area contributed by atoms with E-state index < -0.39 is 0 Å². The minimum Gasteiger partial charge on any atom is -0.439 e. The van der Waals surface area contributed by atoms with Gasteiger partial charge in [0.25, 0.3) is 0 Å². The van der Waals surface area contributed by atoms with E-state index in [2.05, 4.69) is 5.32 Å². The van der Waals surface area contributed by atoms with Crippen LogP contribution in [0.4, 0.5) is 4.79 Å². The maximum Gasteiger partial charge on any atom is 0.317 e. The molecule has 2 heterocycles. The van der Waals surface area contributed by atoms with Gasteiger partial charge in [-0.05, 0) is 43.9 Å². The molecular formula is C27H34N4O3. The summed E-state index contributed by atoms with van der Waals surface area (Å²) < 4.78 is 14.0. The molecule has 4 rings (SSSR count). The Balaban J connectivity index is 1.71. The first-order chi connectivity index (χ1) is 16.5. The molecule has 1 aliphatic rings. The fourth-order valence-corrected chi connectivity index (χ4v) is 4.23. The van der Waals surface area contributed by atoms with E-state index in [0.717, 1.165) is 54.0 Å². The minimum absolute atomic E-state index is 0.0466. The molecular weight excluding hydrogens is 428 g/mol. The van der Waals surface area contributed by atoms with E-state index >= 15 is 0 Å². The highest BCUT2D eigenvalue weighted by molar-refractivity contribution is 5.75. The summed E-state index contributed by atoms with van der Waals surface area (Å²) in [5.74, 6) is 1.37. The lowest BCUT2D eigenvalue weighted by Gasteiger charge is -2.26. The lowest BCUT2D eigenvalue weighted by atomic mass is 10.1. The number of ether oxygens (including phenoxy) is 2. The second-order valence-corrected chi connectivity index (χ2v) is 8.79. The number of benzene rings is 2. The van der Waals surface area contributed by atoms with E-state index in [4.69, 9.17) is 14.6 Å². The third-order valence-corrected chi connectivity index (χ3v) is 5.95. The molecule has 1 N–H and O–H groups in total. The number of amides is 2. The zero-order chi connectivity index (χ0) is 23.9. The molecule has 0 aliphatic carbocycles. The maximum atomic E-state index is 13.2. The van der Waals surface area contributed by atoms with Crippen molar-refractivity contribution in [2.75, 3.05) is 19.7 Å². The summed E-state index contributed by atoms with van der Waals surface area (Å²) in [7, 11) is 1.88. The third-order valence-electron chi connectivity index (χ3n) is 5.95. The Morgan fingerprint density at radius 2 is 2.06 bits per heavy atom. The summed E-state index contributed by atoms with van der Waals surface area (Å²) in [6.45, 7) is 6.36. The summed E-state index contributed by atoms with van der Waals surface area (Å²) in [6, 6.07) is 17.9. The van der Waals surface area contributed by atoms with Crippen LogP contribution in [0.1, 0.15) is 37.3 Å². The average Bonchev–Trinajstić information content (AvgIpc) is 3.46. The van der Waals surface area contributed by atoms with E-state index in [0.29, 0.717) is 25.5 Å². The second-order valence-electron chi connectivity index (χ2n) is 8.79. The quantitative estimate of drug-likeness (QED) is 0.469. The van der Waals surface area contributed by atoms with E-state index in [1.165, 1.54) is 0 Å². The first-order valence-corrected chi connectivity index (χ1v) is 12.1. The molecule has 1 unspecified atom stereocenters. The monoisotopic (exact) mass is 462 g/mol. The van der Waals surface area contributed by atoms with Crippen molar-refractivity contribution in [1.82, 2.24) is 20.0 Å². The van der Waals surface area contributed by atoms with Crippen molar-refractivity contribution in [3.8, 4) is 22.9 Å². The number of nitrogens with zero attached hydrogens (tertiary/aromatic N) is 3. The molecule has 2 amide bonds. The normalized spacial score (nSPS) is 15.3. The van der Waals surface area contributed by atoms with Gasteiger partial charge in [0.15, 0.2) is 0 Å². The molecule has 7 heteroatoms. The largest absolute Gasteiger partial charge is 0.439 e. The van der Waals surface area contributed by atoms with Crippen molar-refractivity contribution >= 4 is 6.03 Å². The van der Waals surface area contributed by atoms with Crippen LogP contribution in [-0.2, 0) is 18.3 Å². The van der Waals surface area contributed by atoms with Gasteiger partial charge in [0, 0.05) is 32.3 Å². The van der Waals surface area contributed by atoms with Crippen LogP contribution >= 0.6 is 0 Å². The molecule has 3 aromatic rings. The Morgan fingerprint density at radius 3 is 2.76 bits per heavy atom. The Bertz CT molecular complexity index is 1090. The molecule has 1 aromatic heterocycles. The number of aryl methyl sites for hydroxylation is 2. The highest BCUT2D eigenvalue weighted by atomic mass is 16.5. The zero-order valence-electron chi connectivity index (χ0n) is 20.3.